The van der Waals surface area contributed by atoms with Gasteiger partial charge in [-0.05, 0) is 35.1 Å². The summed E-state index contributed by atoms with van der Waals surface area (Å²) in [5.74, 6) is -0.0160. The van der Waals surface area contributed by atoms with Crippen LogP contribution in [0.25, 0.3) is 11.1 Å². The van der Waals surface area contributed by atoms with Crippen molar-refractivity contribution < 1.29 is 4.79 Å². The molecule has 0 radical (unpaired) electrons. The van der Waals surface area contributed by atoms with Crippen LogP contribution in [-0.4, -0.2) is 29.9 Å². The third-order valence-electron chi connectivity index (χ3n) is 4.90. The van der Waals surface area contributed by atoms with Crippen molar-refractivity contribution in [2.75, 3.05) is 13.1 Å². The van der Waals surface area contributed by atoms with Crippen LogP contribution in [0.5, 0.6) is 0 Å². The molecule has 1 aliphatic heterocycles. The van der Waals surface area contributed by atoms with Crippen LogP contribution in [0, 0.1) is 5.41 Å². The van der Waals surface area contributed by atoms with Gasteiger partial charge in [0.15, 0.2) is 0 Å². The lowest BCUT2D eigenvalue weighted by molar-refractivity contribution is 0.0533. The Morgan fingerprint density at radius 3 is 2.48 bits per heavy atom. The van der Waals surface area contributed by atoms with E-state index in [2.05, 4.69) is 13.8 Å². The molecule has 134 valence electrons. The predicted molar refractivity (Wildman–Crippen MR) is 106 cm³/mol. The molecule has 5 heteroatoms. The maximum atomic E-state index is 13.0. The summed E-state index contributed by atoms with van der Waals surface area (Å²) in [7, 11) is 0. The molecule has 2 aromatic carbocycles. The highest BCUT2D eigenvalue weighted by atomic mass is 35.5. The molecular formula is C20H24Cl2N2O. The van der Waals surface area contributed by atoms with Crippen LogP contribution in [0.15, 0.2) is 48.5 Å². The number of nitrogens with two attached hydrogens (primary N) is 1. The van der Waals surface area contributed by atoms with Crippen LogP contribution in [0.1, 0.15) is 30.6 Å². The van der Waals surface area contributed by atoms with Crippen LogP contribution in [0.2, 0.25) is 5.02 Å². The van der Waals surface area contributed by atoms with Crippen LogP contribution in [-0.2, 0) is 0 Å². The smallest absolute Gasteiger partial charge is 0.255 e. The second kappa shape index (κ2) is 7.77. The molecular weight excluding hydrogens is 355 g/mol. The lowest BCUT2D eigenvalue weighted by Crippen LogP contribution is -2.54. The van der Waals surface area contributed by atoms with E-state index in [1.54, 1.807) is 6.07 Å². The van der Waals surface area contributed by atoms with E-state index in [1.165, 1.54) is 0 Å². The van der Waals surface area contributed by atoms with Gasteiger partial charge in [0.2, 0.25) is 0 Å². The van der Waals surface area contributed by atoms with E-state index in [1.807, 2.05) is 47.4 Å². The summed E-state index contributed by atoms with van der Waals surface area (Å²) < 4.78 is 0. The lowest BCUT2D eigenvalue weighted by Gasteiger charge is -2.42. The number of likely N-dealkylation sites (tertiary alicyclic amines) is 1. The summed E-state index contributed by atoms with van der Waals surface area (Å²) in [5, 5.41) is 0.493. The Kier molecular flexibility index (Phi) is 6.15. The van der Waals surface area contributed by atoms with E-state index in [-0.39, 0.29) is 29.8 Å². The summed E-state index contributed by atoms with van der Waals surface area (Å²) in [6.45, 7) is 5.55. The zero-order valence-electron chi connectivity index (χ0n) is 14.5. The Hall–Kier alpha value is -1.55. The number of hydrogen-bond donors (Lipinski definition) is 1. The number of carbonyl (C=O) groups is 1. The van der Waals surface area contributed by atoms with Crippen molar-refractivity contribution in [2.24, 2.45) is 11.1 Å². The van der Waals surface area contributed by atoms with Gasteiger partial charge in [0, 0.05) is 19.1 Å². The molecule has 2 N–H and O–H groups in total. The van der Waals surface area contributed by atoms with Crippen molar-refractivity contribution in [3.8, 4) is 11.1 Å². The standard InChI is InChI=1S/C20H23ClN2O.ClH/c1-20(2)13-23(11-10-18(20)22)19(24)16-12-15(8-9-17(16)21)14-6-4-3-5-7-14;/h3-9,12,18H,10-11,13,22H2,1-2H3;1H. The van der Waals surface area contributed by atoms with Gasteiger partial charge in [-0.3, -0.25) is 4.79 Å². The lowest BCUT2D eigenvalue weighted by atomic mass is 9.79. The van der Waals surface area contributed by atoms with E-state index in [9.17, 15) is 4.79 Å². The molecule has 2 aromatic rings. The molecule has 25 heavy (non-hydrogen) atoms. The summed E-state index contributed by atoms with van der Waals surface area (Å²) in [5.41, 5.74) is 8.72. The van der Waals surface area contributed by atoms with E-state index in [0.717, 1.165) is 17.5 Å². The number of piperidine rings is 1. The van der Waals surface area contributed by atoms with Gasteiger partial charge in [-0.15, -0.1) is 12.4 Å². The number of carbonyl (C=O) groups excluding carboxylic acids is 1. The van der Waals surface area contributed by atoms with E-state index >= 15 is 0 Å². The summed E-state index contributed by atoms with van der Waals surface area (Å²) in [6, 6.07) is 15.8. The Balaban J connectivity index is 0.00000225. The number of amides is 1. The molecule has 1 amide bonds. The summed E-state index contributed by atoms with van der Waals surface area (Å²) in [6.07, 6.45) is 0.814. The van der Waals surface area contributed by atoms with Crippen molar-refractivity contribution in [3.05, 3.63) is 59.1 Å². The minimum Gasteiger partial charge on any atom is -0.338 e. The zero-order chi connectivity index (χ0) is 17.3. The third-order valence-corrected chi connectivity index (χ3v) is 5.23. The summed E-state index contributed by atoms with van der Waals surface area (Å²) >= 11 is 6.33. The van der Waals surface area contributed by atoms with E-state index in [0.29, 0.717) is 23.7 Å². The van der Waals surface area contributed by atoms with Crippen LogP contribution < -0.4 is 5.73 Å². The van der Waals surface area contributed by atoms with Gasteiger partial charge in [0.05, 0.1) is 10.6 Å². The largest absolute Gasteiger partial charge is 0.338 e. The topological polar surface area (TPSA) is 46.3 Å². The molecule has 1 unspecified atom stereocenters. The second-order valence-electron chi connectivity index (χ2n) is 7.17. The van der Waals surface area contributed by atoms with Crippen molar-refractivity contribution in [2.45, 2.75) is 26.3 Å². The average Bonchev–Trinajstić information content (AvgIpc) is 2.58. The fourth-order valence-corrected chi connectivity index (χ4v) is 3.42. The SMILES string of the molecule is CC1(C)CN(C(=O)c2cc(-c3ccccc3)ccc2Cl)CCC1N.Cl. The van der Waals surface area contributed by atoms with Crippen LogP contribution >= 0.6 is 24.0 Å². The van der Waals surface area contributed by atoms with Gasteiger partial charge in [0.25, 0.3) is 5.91 Å². The maximum Gasteiger partial charge on any atom is 0.255 e. The molecule has 3 rings (SSSR count). The molecule has 0 bridgehead atoms. The Bertz CT molecular complexity index is 747. The van der Waals surface area contributed by atoms with Crippen molar-refractivity contribution >= 4 is 29.9 Å². The first-order valence-corrected chi connectivity index (χ1v) is 8.66. The van der Waals surface area contributed by atoms with Gasteiger partial charge < -0.3 is 10.6 Å². The number of hydrogen-bond acceptors (Lipinski definition) is 2. The fraction of sp³-hybridized carbons (Fsp3) is 0.350. The number of rotatable bonds is 2. The van der Waals surface area contributed by atoms with Gasteiger partial charge in [-0.25, -0.2) is 0 Å². The monoisotopic (exact) mass is 378 g/mol. The predicted octanol–water partition coefficient (Wildman–Crippen LogP) is 4.63. The highest BCUT2D eigenvalue weighted by molar-refractivity contribution is 6.34. The van der Waals surface area contributed by atoms with Gasteiger partial charge in [-0.1, -0.05) is 61.8 Å². The first-order chi connectivity index (χ1) is 11.4. The first kappa shape index (κ1) is 19.8. The molecule has 0 aromatic heterocycles. The van der Waals surface area contributed by atoms with E-state index in [4.69, 9.17) is 17.3 Å². The molecule has 1 fully saturated rings. The minimum absolute atomic E-state index is 0. The highest BCUT2D eigenvalue weighted by Gasteiger charge is 2.36. The minimum atomic E-state index is -0.0859. The number of halogens is 2. The first-order valence-electron chi connectivity index (χ1n) is 8.28. The highest BCUT2D eigenvalue weighted by Crippen LogP contribution is 2.31. The van der Waals surface area contributed by atoms with Gasteiger partial charge >= 0.3 is 0 Å². The van der Waals surface area contributed by atoms with E-state index < -0.39 is 0 Å². The van der Waals surface area contributed by atoms with Crippen LogP contribution in [0.3, 0.4) is 0 Å². The molecule has 0 spiro atoms. The Labute approximate surface area is 160 Å². The Morgan fingerprint density at radius 2 is 1.84 bits per heavy atom. The number of nitrogens with zero attached hydrogens (tertiary/aromatic N) is 1. The fourth-order valence-electron chi connectivity index (χ4n) is 3.22. The number of benzene rings is 2. The average molecular weight is 379 g/mol. The second-order valence-corrected chi connectivity index (χ2v) is 7.58. The van der Waals surface area contributed by atoms with Gasteiger partial charge in [0.1, 0.15) is 0 Å². The third kappa shape index (κ3) is 4.17. The Morgan fingerprint density at radius 1 is 1.16 bits per heavy atom. The van der Waals surface area contributed by atoms with Gasteiger partial charge in [-0.2, -0.15) is 0 Å². The maximum absolute atomic E-state index is 13.0. The molecule has 1 saturated heterocycles. The van der Waals surface area contributed by atoms with Crippen molar-refractivity contribution in [1.29, 1.82) is 0 Å². The van der Waals surface area contributed by atoms with Crippen molar-refractivity contribution in [3.63, 3.8) is 0 Å². The molecule has 0 saturated carbocycles. The summed E-state index contributed by atoms with van der Waals surface area (Å²) in [4.78, 5) is 14.9. The van der Waals surface area contributed by atoms with Crippen LogP contribution in [0.4, 0.5) is 0 Å². The molecule has 1 heterocycles. The molecule has 3 nitrogen and oxygen atoms in total. The quantitative estimate of drug-likeness (QED) is 0.827. The normalized spacial score (nSPS) is 19.2. The molecule has 0 aliphatic carbocycles. The molecule has 1 aliphatic rings. The van der Waals surface area contributed by atoms with Crippen molar-refractivity contribution in [1.82, 2.24) is 4.90 Å². The molecule has 1 atom stereocenters. The zero-order valence-corrected chi connectivity index (χ0v) is 16.1.